The molecule has 3 N–H and O–H groups in total. The lowest BCUT2D eigenvalue weighted by molar-refractivity contribution is -0.384. The van der Waals surface area contributed by atoms with Gasteiger partial charge in [0.1, 0.15) is 5.75 Å². The maximum atomic E-state index is 11.4. The number of carbonyl (C=O) groups excluding carboxylic acids is 1. The molecule has 0 bridgehead atoms. The molecule has 9 rings (SSSR count). The zero-order valence-electron chi connectivity index (χ0n) is 39.7. The first-order valence-corrected chi connectivity index (χ1v) is 27.5. The summed E-state index contributed by atoms with van der Waals surface area (Å²) >= 11 is 0. The van der Waals surface area contributed by atoms with Crippen molar-refractivity contribution in [2.75, 3.05) is 86.7 Å². The van der Waals surface area contributed by atoms with E-state index in [1.807, 2.05) is 0 Å². The summed E-state index contributed by atoms with van der Waals surface area (Å²) in [7, 11) is 4.30. The first-order valence-electron chi connectivity index (χ1n) is 23.8. The van der Waals surface area contributed by atoms with Gasteiger partial charge in [-0.3, -0.25) is 19.9 Å². The Bertz CT molecular complexity index is 1770. The van der Waals surface area contributed by atoms with Crippen LogP contribution in [0.15, 0.2) is 84.9 Å². The quantitative estimate of drug-likeness (QED) is 0.0648. The second-order valence-electron chi connectivity index (χ2n) is 19.6. The highest BCUT2D eigenvalue weighted by Gasteiger charge is 2.37. The molecule has 14 heteroatoms. The number of rotatable bonds is 9. The fourth-order valence-corrected chi connectivity index (χ4v) is 10.8. The van der Waals surface area contributed by atoms with E-state index in [0.29, 0.717) is 6.61 Å². The summed E-state index contributed by atoms with van der Waals surface area (Å²) in [6.45, 7) is 20.5. The largest absolute Gasteiger partial charge is 0.513 e. The van der Waals surface area contributed by atoms with E-state index in [1.54, 1.807) is 0 Å². The van der Waals surface area contributed by atoms with Crippen LogP contribution in [0.5, 0.6) is 5.75 Å². The van der Waals surface area contributed by atoms with E-state index in [0.717, 1.165) is 62.1 Å². The molecule has 0 spiro atoms. The molecule has 6 heterocycles. The Morgan fingerprint density at radius 1 is 0.734 bits per heavy atom. The predicted octanol–water partition coefficient (Wildman–Crippen LogP) is 7.44. The van der Waals surface area contributed by atoms with E-state index in [-0.39, 0.29) is 11.4 Å². The minimum absolute atomic E-state index is 0.0561. The van der Waals surface area contributed by atoms with E-state index in [2.05, 4.69) is 125 Å². The van der Waals surface area contributed by atoms with Crippen molar-refractivity contribution in [2.24, 2.45) is 17.8 Å². The van der Waals surface area contributed by atoms with Gasteiger partial charge in [-0.25, -0.2) is 4.79 Å². The van der Waals surface area contributed by atoms with Gasteiger partial charge < -0.3 is 35.0 Å². The van der Waals surface area contributed by atoms with Crippen molar-refractivity contribution >= 4 is 19.9 Å². The summed E-state index contributed by atoms with van der Waals surface area (Å²) < 4.78 is 9.83. The van der Waals surface area contributed by atoms with Crippen molar-refractivity contribution in [3.63, 3.8) is 0 Å². The van der Waals surface area contributed by atoms with Crippen molar-refractivity contribution in [2.45, 2.75) is 95.4 Å². The minimum Gasteiger partial charge on any atom is -0.434 e. The van der Waals surface area contributed by atoms with Crippen molar-refractivity contribution in [1.82, 2.24) is 30.2 Å². The molecular formula is C50H79N7O6Si. The first kappa shape index (κ1) is 51.3. The van der Waals surface area contributed by atoms with Gasteiger partial charge in [0.25, 0.3) is 5.69 Å². The number of aliphatic hydroxyl groups is 1. The minimum atomic E-state index is -1.24. The number of nitrogens with one attached hydrogen (secondary N) is 2. The molecule has 3 aromatic carbocycles. The molecule has 0 unspecified atom stereocenters. The third-order valence-corrected chi connectivity index (χ3v) is 15.3. The smallest absolute Gasteiger partial charge is 0.434 e. The van der Waals surface area contributed by atoms with E-state index >= 15 is 0 Å². The number of ether oxygens (including phenoxy) is 2. The molecule has 3 aromatic rings. The van der Waals surface area contributed by atoms with Crippen LogP contribution in [0.1, 0.15) is 49.7 Å². The number of likely N-dealkylation sites (N-methyl/N-ethyl adjacent to an activating group) is 2. The lowest BCUT2D eigenvalue weighted by Crippen LogP contribution is -2.42. The first-order chi connectivity index (χ1) is 30.9. The van der Waals surface area contributed by atoms with Gasteiger partial charge in [-0.1, -0.05) is 80.3 Å². The van der Waals surface area contributed by atoms with Gasteiger partial charge in [0.05, 0.1) is 11.5 Å². The molecule has 0 saturated carbocycles. The van der Waals surface area contributed by atoms with Crippen LogP contribution in [-0.2, 0) is 17.8 Å². The third kappa shape index (κ3) is 16.9. The number of likely N-dealkylation sites (tertiary alicyclic amines) is 4. The standard InChI is InChI=1S/C15H22N2.C14H20N2.C12H17NO5Si.C8H16N2.CH4O/c1-16-9-5-8-14-11-17(12-15(14)16)10-13-6-3-2-4-7-13;1-2-5-12(6-3-1)9-16-10-13-7-4-8-15-14(13)11-16;1-19(2,3)9-8-17-12(14)18-11-6-4-10(5-7-11)13(15)16;1-10-4-2-3-7-5-9-6-8(7)10;1-2/h2-4,6-7,14-15H,5,8-12H2,1H3;1-3,5-6,13-15H,4,7-11H2;4-7H,8-9H2,1-3H3;7-9H,2-6H2,1H3;2H,1H3/t14-,15+;13-,14+;;7-,8+;/m11.1./s1. The number of non-ortho nitro benzene ring substituents is 1. The van der Waals surface area contributed by atoms with Gasteiger partial charge in [-0.05, 0) is 126 Å². The molecule has 0 amide bonds. The normalized spacial score (nSPS) is 25.5. The highest BCUT2D eigenvalue weighted by molar-refractivity contribution is 6.76. The zero-order chi connectivity index (χ0) is 45.9. The highest BCUT2D eigenvalue weighted by Crippen LogP contribution is 2.31. The average molecular weight is 902 g/mol. The topological polar surface area (TPSA) is 136 Å². The summed E-state index contributed by atoms with van der Waals surface area (Å²) in [5.41, 5.74) is 2.84. The number of hydrogen-bond acceptors (Lipinski definition) is 12. The Labute approximate surface area is 385 Å². The second kappa shape index (κ2) is 26.4. The molecule has 354 valence electrons. The number of carbonyl (C=O) groups is 1. The summed E-state index contributed by atoms with van der Waals surface area (Å²) in [4.78, 5) is 31.6. The molecule has 13 nitrogen and oxygen atoms in total. The molecule has 0 aliphatic carbocycles. The maximum Gasteiger partial charge on any atom is 0.513 e. The molecule has 6 atom stereocenters. The summed E-state index contributed by atoms with van der Waals surface area (Å²) in [5.74, 6) is 3.00. The number of fused-ring (bicyclic) bond motifs is 3. The maximum absolute atomic E-state index is 11.4. The van der Waals surface area contributed by atoms with Crippen LogP contribution in [0.3, 0.4) is 0 Å². The van der Waals surface area contributed by atoms with Crippen LogP contribution in [0.2, 0.25) is 25.7 Å². The fourth-order valence-electron chi connectivity index (χ4n) is 10.1. The zero-order valence-corrected chi connectivity index (χ0v) is 40.7. The van der Waals surface area contributed by atoms with E-state index in [4.69, 9.17) is 14.6 Å². The molecule has 64 heavy (non-hydrogen) atoms. The Morgan fingerprint density at radius 3 is 1.86 bits per heavy atom. The molecular weight excluding hydrogens is 823 g/mol. The van der Waals surface area contributed by atoms with Crippen molar-refractivity contribution in [3.8, 4) is 5.75 Å². The molecule has 0 radical (unpaired) electrons. The summed E-state index contributed by atoms with van der Waals surface area (Å²) in [6, 6.07) is 30.2. The average Bonchev–Trinajstić information content (AvgIpc) is 4.05. The van der Waals surface area contributed by atoms with Gasteiger partial charge in [-0.15, -0.1) is 0 Å². The predicted molar refractivity (Wildman–Crippen MR) is 260 cm³/mol. The van der Waals surface area contributed by atoms with Crippen molar-refractivity contribution in [1.29, 1.82) is 0 Å². The molecule has 6 aliphatic rings. The lowest BCUT2D eigenvalue weighted by atomic mass is 9.93. The van der Waals surface area contributed by atoms with Crippen LogP contribution in [0.4, 0.5) is 10.5 Å². The summed E-state index contributed by atoms with van der Waals surface area (Å²) in [5, 5.41) is 24.6. The number of piperidine rings is 3. The van der Waals surface area contributed by atoms with E-state index in [1.165, 1.54) is 133 Å². The molecule has 6 saturated heterocycles. The number of benzene rings is 3. The Hall–Kier alpha value is -3.73. The molecule has 0 aromatic heterocycles. The van der Waals surface area contributed by atoms with Crippen LogP contribution in [-0.4, -0.2) is 149 Å². The Balaban J connectivity index is 0.000000161. The Morgan fingerprint density at radius 2 is 1.30 bits per heavy atom. The SMILES string of the molecule is CN1CCC[C@@H]2CN(Cc3ccccc3)C[C@@H]21.CN1CCC[C@@H]2CNC[C@@H]21.CO.C[Si](C)(C)CCOC(=O)Oc1ccc([N+](=O)[O-])cc1.c1ccc(CN2C[C@H]3CCCN[C@H]3C2)cc1. The number of aliphatic hydroxyl groups excluding tert-OH is 1. The third-order valence-electron chi connectivity index (χ3n) is 13.6. The van der Waals surface area contributed by atoms with Gasteiger partial charge in [0.15, 0.2) is 0 Å². The fraction of sp³-hybridized carbons (Fsp3) is 0.620. The van der Waals surface area contributed by atoms with Crippen LogP contribution in [0.25, 0.3) is 0 Å². The van der Waals surface area contributed by atoms with Gasteiger partial charge in [0, 0.05) is 91.3 Å². The highest BCUT2D eigenvalue weighted by atomic mass is 28.3. The van der Waals surface area contributed by atoms with Crippen LogP contribution in [0, 0.1) is 27.9 Å². The second-order valence-corrected chi connectivity index (χ2v) is 25.3. The number of nitrogens with zero attached hydrogens (tertiary/aromatic N) is 5. The van der Waals surface area contributed by atoms with Crippen LogP contribution < -0.4 is 15.4 Å². The monoisotopic (exact) mass is 902 g/mol. The van der Waals surface area contributed by atoms with Crippen molar-refractivity contribution < 1.29 is 24.3 Å². The lowest BCUT2D eigenvalue weighted by Gasteiger charge is -2.33. The molecule has 6 fully saturated rings. The van der Waals surface area contributed by atoms with Crippen LogP contribution >= 0.6 is 0 Å². The van der Waals surface area contributed by atoms with Gasteiger partial charge >= 0.3 is 6.16 Å². The Kier molecular flexibility index (Phi) is 21.2. The van der Waals surface area contributed by atoms with E-state index < -0.39 is 19.2 Å². The number of nitro groups is 1. The van der Waals surface area contributed by atoms with Crippen molar-refractivity contribution in [3.05, 3.63) is 106 Å². The number of nitro benzene ring substituents is 1. The summed E-state index contributed by atoms with van der Waals surface area (Å²) in [6.07, 6.45) is 7.66. The van der Waals surface area contributed by atoms with Gasteiger partial charge in [0.2, 0.25) is 0 Å². The van der Waals surface area contributed by atoms with E-state index in [9.17, 15) is 14.9 Å². The number of hydrogen-bond donors (Lipinski definition) is 3. The van der Waals surface area contributed by atoms with Gasteiger partial charge in [-0.2, -0.15) is 0 Å². The molecule has 6 aliphatic heterocycles.